The van der Waals surface area contributed by atoms with Gasteiger partial charge in [-0.1, -0.05) is 31.4 Å². The van der Waals surface area contributed by atoms with E-state index in [4.69, 9.17) is 21.1 Å². The molecule has 1 N–H and O–H groups in total. The summed E-state index contributed by atoms with van der Waals surface area (Å²) in [5.41, 5.74) is 0.814. The summed E-state index contributed by atoms with van der Waals surface area (Å²) in [7, 11) is 0. The molecule has 0 aromatic heterocycles. The second kappa shape index (κ2) is 6.18. The van der Waals surface area contributed by atoms with Gasteiger partial charge in [0.05, 0.1) is 13.2 Å². The zero-order chi connectivity index (χ0) is 17.6. The van der Waals surface area contributed by atoms with Crippen LogP contribution < -0.4 is 10.1 Å². The van der Waals surface area contributed by atoms with Crippen molar-refractivity contribution in [1.29, 1.82) is 0 Å². The van der Waals surface area contributed by atoms with Crippen molar-refractivity contribution in [2.75, 3.05) is 6.79 Å². The summed E-state index contributed by atoms with van der Waals surface area (Å²) in [6, 6.07) is 3.21. The molecule has 6 nitrogen and oxygen atoms in total. The third kappa shape index (κ3) is 2.68. The highest BCUT2D eigenvalue weighted by Crippen LogP contribution is 2.40. The molecule has 0 radical (unpaired) electrons. The Balaban J connectivity index is 1.64. The normalized spacial score (nSPS) is 28.7. The van der Waals surface area contributed by atoms with Gasteiger partial charge in [-0.25, -0.2) is 4.79 Å². The molecule has 134 valence electrons. The fourth-order valence-corrected chi connectivity index (χ4v) is 4.45. The van der Waals surface area contributed by atoms with Gasteiger partial charge in [0.15, 0.2) is 6.79 Å². The van der Waals surface area contributed by atoms with Crippen LogP contribution in [-0.4, -0.2) is 29.2 Å². The first-order valence-electron chi connectivity index (χ1n) is 8.67. The first-order chi connectivity index (χ1) is 12.0. The number of carbonyl (C=O) groups is 2. The molecular weight excluding hydrogens is 344 g/mol. The van der Waals surface area contributed by atoms with Gasteiger partial charge in [0.2, 0.25) is 0 Å². The number of fused-ring (bicyclic) bond motifs is 1. The highest BCUT2D eigenvalue weighted by atomic mass is 35.5. The number of hydrogen-bond donors (Lipinski definition) is 1. The van der Waals surface area contributed by atoms with Gasteiger partial charge in [-0.3, -0.25) is 9.69 Å². The lowest BCUT2D eigenvalue weighted by atomic mass is 9.73. The topological polar surface area (TPSA) is 67.9 Å². The lowest BCUT2D eigenvalue weighted by Crippen LogP contribution is -2.53. The monoisotopic (exact) mass is 364 g/mol. The Morgan fingerprint density at radius 2 is 2.20 bits per heavy atom. The number of carbonyl (C=O) groups excluding carboxylic acids is 2. The van der Waals surface area contributed by atoms with Crippen LogP contribution in [0.3, 0.4) is 0 Å². The Labute approximate surface area is 151 Å². The zero-order valence-electron chi connectivity index (χ0n) is 14.1. The maximum Gasteiger partial charge on any atom is 0.325 e. The second-order valence-corrected chi connectivity index (χ2v) is 7.54. The summed E-state index contributed by atoms with van der Waals surface area (Å²) in [5, 5.41) is 3.51. The van der Waals surface area contributed by atoms with Crippen molar-refractivity contribution in [3.8, 4) is 5.75 Å². The number of nitrogens with zero attached hydrogens (tertiary/aromatic N) is 1. The molecule has 3 aliphatic rings. The number of hydrogen-bond acceptors (Lipinski definition) is 4. The number of halogens is 1. The summed E-state index contributed by atoms with van der Waals surface area (Å²) in [6.07, 6.45) is 3.71. The Morgan fingerprint density at radius 1 is 1.36 bits per heavy atom. The Hall–Kier alpha value is -1.79. The quantitative estimate of drug-likeness (QED) is 0.818. The molecule has 2 heterocycles. The predicted molar refractivity (Wildman–Crippen MR) is 91.2 cm³/mol. The first-order valence-corrected chi connectivity index (χ1v) is 9.05. The van der Waals surface area contributed by atoms with Crippen LogP contribution in [0.25, 0.3) is 0 Å². The lowest BCUT2D eigenvalue weighted by Gasteiger charge is -2.36. The molecule has 3 amide bonds. The molecule has 1 saturated carbocycles. The molecule has 1 aromatic carbocycles. The van der Waals surface area contributed by atoms with E-state index in [1.54, 1.807) is 12.1 Å². The number of nitrogens with one attached hydrogen (secondary N) is 1. The summed E-state index contributed by atoms with van der Waals surface area (Å²) in [5.74, 6) is 0.667. The Bertz CT molecular complexity index is 738. The number of ether oxygens (including phenoxy) is 2. The largest absolute Gasteiger partial charge is 0.467 e. The molecule has 2 fully saturated rings. The standard InChI is InChI=1S/C18H21ClN2O4/c1-11-4-2-3-5-18(11)16(22)21(17(23)20-18)8-12-6-14(19)7-13-9-24-10-25-15(12)13/h6-7,11H,2-5,8-10H2,1H3,(H,20,23)/t11-,18-/m0/s1. The van der Waals surface area contributed by atoms with Crippen LogP contribution in [0.1, 0.15) is 43.7 Å². The third-order valence-corrected chi connectivity index (χ3v) is 5.80. The van der Waals surface area contributed by atoms with Crippen LogP contribution in [-0.2, 0) is 22.7 Å². The molecule has 4 rings (SSSR count). The van der Waals surface area contributed by atoms with E-state index in [2.05, 4.69) is 5.32 Å². The van der Waals surface area contributed by atoms with Crippen LogP contribution in [0.2, 0.25) is 5.02 Å². The number of benzene rings is 1. The second-order valence-electron chi connectivity index (χ2n) is 7.10. The Morgan fingerprint density at radius 3 is 3.00 bits per heavy atom. The maximum absolute atomic E-state index is 13.1. The predicted octanol–water partition coefficient (Wildman–Crippen LogP) is 3.21. The number of imide groups is 1. The molecule has 0 unspecified atom stereocenters. The molecule has 1 spiro atoms. The van der Waals surface area contributed by atoms with E-state index in [1.165, 1.54) is 4.90 Å². The third-order valence-electron chi connectivity index (χ3n) is 5.58. The van der Waals surface area contributed by atoms with Crippen molar-refractivity contribution in [1.82, 2.24) is 10.2 Å². The average Bonchev–Trinajstić information content (AvgIpc) is 2.82. The van der Waals surface area contributed by atoms with Gasteiger partial charge >= 0.3 is 6.03 Å². The molecule has 1 saturated heterocycles. The fraction of sp³-hybridized carbons (Fsp3) is 0.556. The van der Waals surface area contributed by atoms with Crippen molar-refractivity contribution in [3.63, 3.8) is 0 Å². The van der Waals surface area contributed by atoms with E-state index in [0.717, 1.165) is 30.4 Å². The van der Waals surface area contributed by atoms with Gasteiger partial charge < -0.3 is 14.8 Å². The zero-order valence-corrected chi connectivity index (χ0v) is 14.9. The van der Waals surface area contributed by atoms with E-state index in [0.29, 0.717) is 23.8 Å². The van der Waals surface area contributed by atoms with Crippen LogP contribution >= 0.6 is 11.6 Å². The molecule has 0 bridgehead atoms. The van der Waals surface area contributed by atoms with E-state index in [1.807, 2.05) is 6.92 Å². The summed E-state index contributed by atoms with van der Waals surface area (Å²) < 4.78 is 10.9. The summed E-state index contributed by atoms with van der Waals surface area (Å²) in [6.45, 7) is 2.76. The minimum Gasteiger partial charge on any atom is -0.467 e. The fourth-order valence-electron chi connectivity index (χ4n) is 4.18. The SMILES string of the molecule is C[C@H]1CCCC[C@]12NC(=O)N(Cc1cc(Cl)cc3c1OCOC3)C2=O. The number of urea groups is 1. The molecule has 25 heavy (non-hydrogen) atoms. The van der Waals surface area contributed by atoms with Gasteiger partial charge in [0.25, 0.3) is 5.91 Å². The maximum atomic E-state index is 13.1. The van der Waals surface area contributed by atoms with Crippen LogP contribution in [0.4, 0.5) is 4.79 Å². The number of amides is 3. The molecule has 7 heteroatoms. The van der Waals surface area contributed by atoms with E-state index >= 15 is 0 Å². The van der Waals surface area contributed by atoms with Crippen molar-refractivity contribution in [3.05, 3.63) is 28.3 Å². The van der Waals surface area contributed by atoms with Crippen molar-refractivity contribution in [2.45, 2.75) is 51.3 Å². The molecule has 2 aliphatic heterocycles. The van der Waals surface area contributed by atoms with Crippen molar-refractivity contribution < 1.29 is 19.1 Å². The molecular formula is C18H21ClN2O4. The molecule has 1 aliphatic carbocycles. The highest BCUT2D eigenvalue weighted by Gasteiger charge is 2.54. The molecule has 1 aromatic rings. The summed E-state index contributed by atoms with van der Waals surface area (Å²) in [4.78, 5) is 27.0. The van der Waals surface area contributed by atoms with Gasteiger partial charge in [-0.05, 0) is 30.9 Å². The van der Waals surface area contributed by atoms with Gasteiger partial charge in [-0.15, -0.1) is 0 Å². The first kappa shape index (κ1) is 16.7. The van der Waals surface area contributed by atoms with Gasteiger partial charge in [0, 0.05) is 16.1 Å². The van der Waals surface area contributed by atoms with Gasteiger partial charge in [0.1, 0.15) is 11.3 Å². The molecule has 2 atom stereocenters. The smallest absolute Gasteiger partial charge is 0.325 e. The number of rotatable bonds is 2. The van der Waals surface area contributed by atoms with E-state index in [-0.39, 0.29) is 31.2 Å². The lowest BCUT2D eigenvalue weighted by molar-refractivity contribution is -0.134. The minimum atomic E-state index is -0.752. The summed E-state index contributed by atoms with van der Waals surface area (Å²) >= 11 is 6.19. The van der Waals surface area contributed by atoms with Crippen LogP contribution in [0, 0.1) is 5.92 Å². The minimum absolute atomic E-state index is 0.134. The Kier molecular flexibility index (Phi) is 4.12. The van der Waals surface area contributed by atoms with E-state index < -0.39 is 5.54 Å². The average molecular weight is 365 g/mol. The highest BCUT2D eigenvalue weighted by molar-refractivity contribution is 6.30. The van der Waals surface area contributed by atoms with Crippen molar-refractivity contribution in [2.24, 2.45) is 5.92 Å². The van der Waals surface area contributed by atoms with Crippen molar-refractivity contribution >= 4 is 23.5 Å². The van der Waals surface area contributed by atoms with Crippen LogP contribution in [0.5, 0.6) is 5.75 Å². The van der Waals surface area contributed by atoms with Crippen LogP contribution in [0.15, 0.2) is 12.1 Å². The van der Waals surface area contributed by atoms with Gasteiger partial charge in [-0.2, -0.15) is 0 Å². The van der Waals surface area contributed by atoms with E-state index in [9.17, 15) is 9.59 Å².